The maximum Gasteiger partial charge on any atom is 0.190 e. The minimum atomic E-state index is -0.160. The molecule has 19 heavy (non-hydrogen) atoms. The second kappa shape index (κ2) is 7.12. The predicted octanol–water partition coefficient (Wildman–Crippen LogP) is 2.33. The van der Waals surface area contributed by atoms with E-state index in [-0.39, 0.29) is 5.82 Å². The van der Waals surface area contributed by atoms with E-state index in [1.165, 1.54) is 18.9 Å². The van der Waals surface area contributed by atoms with Gasteiger partial charge in [-0.1, -0.05) is 12.1 Å². The van der Waals surface area contributed by atoms with Gasteiger partial charge in [0, 0.05) is 20.1 Å². The predicted molar refractivity (Wildman–Crippen MR) is 76.8 cm³/mol. The molecule has 0 atom stereocenters. The number of nitrogens with zero attached hydrogens (tertiary/aromatic N) is 1. The SMILES string of the molecule is CN=C(NCCCc1cccc(F)c1)NCC1CC1. The molecule has 1 aromatic carbocycles. The molecule has 1 aliphatic rings. The van der Waals surface area contributed by atoms with Gasteiger partial charge in [-0.15, -0.1) is 0 Å². The highest BCUT2D eigenvalue weighted by molar-refractivity contribution is 5.79. The molecule has 0 unspecified atom stereocenters. The van der Waals surface area contributed by atoms with Crippen LogP contribution >= 0.6 is 0 Å². The Morgan fingerprint density at radius 2 is 2.21 bits per heavy atom. The van der Waals surface area contributed by atoms with E-state index in [1.807, 2.05) is 6.07 Å². The number of aliphatic imine (C=N–C) groups is 1. The first-order valence-electron chi connectivity index (χ1n) is 6.97. The van der Waals surface area contributed by atoms with Crippen molar-refractivity contribution in [1.29, 1.82) is 0 Å². The molecule has 0 aliphatic heterocycles. The molecule has 0 amide bonds. The van der Waals surface area contributed by atoms with Gasteiger partial charge in [-0.3, -0.25) is 4.99 Å². The molecular weight excluding hydrogens is 241 g/mol. The number of guanidine groups is 1. The van der Waals surface area contributed by atoms with E-state index in [1.54, 1.807) is 19.2 Å². The Bertz CT molecular complexity index is 427. The van der Waals surface area contributed by atoms with E-state index in [0.29, 0.717) is 0 Å². The zero-order valence-corrected chi connectivity index (χ0v) is 11.5. The van der Waals surface area contributed by atoms with E-state index >= 15 is 0 Å². The van der Waals surface area contributed by atoms with Crippen LogP contribution in [0, 0.1) is 11.7 Å². The van der Waals surface area contributed by atoms with Crippen molar-refractivity contribution in [1.82, 2.24) is 10.6 Å². The highest BCUT2D eigenvalue weighted by Crippen LogP contribution is 2.27. The van der Waals surface area contributed by atoms with Gasteiger partial charge in [-0.2, -0.15) is 0 Å². The molecule has 4 heteroatoms. The summed E-state index contributed by atoms with van der Waals surface area (Å²) in [5.41, 5.74) is 1.04. The fourth-order valence-electron chi connectivity index (χ4n) is 1.98. The number of halogens is 1. The summed E-state index contributed by atoms with van der Waals surface area (Å²) in [5.74, 6) is 1.55. The third-order valence-corrected chi connectivity index (χ3v) is 3.30. The molecule has 0 bridgehead atoms. The van der Waals surface area contributed by atoms with E-state index in [2.05, 4.69) is 15.6 Å². The zero-order chi connectivity index (χ0) is 13.5. The quantitative estimate of drug-likeness (QED) is 0.469. The van der Waals surface area contributed by atoms with Crippen molar-refractivity contribution in [2.24, 2.45) is 10.9 Å². The number of aryl methyl sites for hydroxylation is 1. The largest absolute Gasteiger partial charge is 0.356 e. The first-order chi connectivity index (χ1) is 9.28. The highest BCUT2D eigenvalue weighted by atomic mass is 19.1. The number of rotatable bonds is 6. The van der Waals surface area contributed by atoms with E-state index in [9.17, 15) is 4.39 Å². The standard InChI is InChI=1S/C15H22FN3/c1-17-15(19-11-13-7-8-13)18-9-3-5-12-4-2-6-14(16)10-12/h2,4,6,10,13H,3,5,7-9,11H2,1H3,(H2,17,18,19). The lowest BCUT2D eigenvalue weighted by Crippen LogP contribution is -2.38. The van der Waals surface area contributed by atoms with Gasteiger partial charge in [0.2, 0.25) is 0 Å². The Kier molecular flexibility index (Phi) is 5.19. The van der Waals surface area contributed by atoms with Crippen LogP contribution in [0.25, 0.3) is 0 Å². The van der Waals surface area contributed by atoms with Crippen molar-refractivity contribution in [2.45, 2.75) is 25.7 Å². The Morgan fingerprint density at radius 3 is 2.89 bits per heavy atom. The fraction of sp³-hybridized carbons (Fsp3) is 0.533. The molecule has 0 spiro atoms. The monoisotopic (exact) mass is 263 g/mol. The lowest BCUT2D eigenvalue weighted by atomic mass is 10.1. The molecule has 0 radical (unpaired) electrons. The first-order valence-corrected chi connectivity index (χ1v) is 6.97. The highest BCUT2D eigenvalue weighted by Gasteiger charge is 2.20. The average molecular weight is 263 g/mol. The molecule has 1 fully saturated rings. The van der Waals surface area contributed by atoms with Crippen molar-refractivity contribution < 1.29 is 4.39 Å². The summed E-state index contributed by atoms with van der Waals surface area (Å²) in [5, 5.41) is 6.60. The van der Waals surface area contributed by atoms with E-state index in [0.717, 1.165) is 43.4 Å². The van der Waals surface area contributed by atoms with E-state index < -0.39 is 0 Å². The first kappa shape index (κ1) is 13.8. The van der Waals surface area contributed by atoms with Gasteiger partial charge in [0.05, 0.1) is 0 Å². The van der Waals surface area contributed by atoms with Gasteiger partial charge in [0.25, 0.3) is 0 Å². The van der Waals surface area contributed by atoms with Gasteiger partial charge in [0.1, 0.15) is 5.82 Å². The summed E-state index contributed by atoms with van der Waals surface area (Å²) >= 11 is 0. The second-order valence-electron chi connectivity index (χ2n) is 5.06. The van der Waals surface area contributed by atoms with Crippen LogP contribution in [0.4, 0.5) is 4.39 Å². The molecule has 2 N–H and O–H groups in total. The van der Waals surface area contributed by atoms with Crippen LogP contribution in [0.3, 0.4) is 0 Å². The second-order valence-corrected chi connectivity index (χ2v) is 5.06. The van der Waals surface area contributed by atoms with Crippen LogP contribution < -0.4 is 10.6 Å². The zero-order valence-electron chi connectivity index (χ0n) is 11.5. The van der Waals surface area contributed by atoms with Gasteiger partial charge in [-0.05, 0) is 49.3 Å². The smallest absolute Gasteiger partial charge is 0.190 e. The minimum Gasteiger partial charge on any atom is -0.356 e. The Balaban J connectivity index is 1.62. The van der Waals surface area contributed by atoms with Gasteiger partial charge in [0.15, 0.2) is 5.96 Å². The molecule has 1 saturated carbocycles. The fourth-order valence-corrected chi connectivity index (χ4v) is 1.98. The summed E-state index contributed by atoms with van der Waals surface area (Å²) in [6.07, 6.45) is 4.52. The molecular formula is C15H22FN3. The maximum absolute atomic E-state index is 13.0. The Hall–Kier alpha value is -1.58. The molecule has 0 heterocycles. The molecule has 2 rings (SSSR count). The maximum atomic E-state index is 13.0. The van der Waals surface area contributed by atoms with Crippen LogP contribution in [0.15, 0.2) is 29.3 Å². The third kappa shape index (κ3) is 5.28. The summed E-state index contributed by atoms with van der Waals surface area (Å²) in [7, 11) is 1.79. The normalized spacial score (nSPS) is 15.4. The summed E-state index contributed by atoms with van der Waals surface area (Å²) < 4.78 is 13.0. The summed E-state index contributed by atoms with van der Waals surface area (Å²) in [6.45, 7) is 1.87. The van der Waals surface area contributed by atoms with Crippen molar-refractivity contribution in [2.75, 3.05) is 20.1 Å². The number of benzene rings is 1. The molecule has 3 nitrogen and oxygen atoms in total. The molecule has 1 aromatic rings. The van der Waals surface area contributed by atoms with Crippen molar-refractivity contribution in [3.05, 3.63) is 35.6 Å². The Labute approximate surface area is 114 Å². The molecule has 0 saturated heterocycles. The summed E-state index contributed by atoms with van der Waals surface area (Å²) in [6, 6.07) is 6.79. The average Bonchev–Trinajstić information content (AvgIpc) is 3.22. The van der Waals surface area contributed by atoms with Crippen LogP contribution in [0.5, 0.6) is 0 Å². The van der Waals surface area contributed by atoms with Gasteiger partial charge in [-0.25, -0.2) is 4.39 Å². The summed E-state index contributed by atoms with van der Waals surface area (Å²) in [4.78, 5) is 4.18. The Morgan fingerprint density at radius 1 is 1.37 bits per heavy atom. The molecule has 104 valence electrons. The van der Waals surface area contributed by atoms with Gasteiger partial charge < -0.3 is 10.6 Å². The van der Waals surface area contributed by atoms with Crippen LogP contribution in [0.2, 0.25) is 0 Å². The molecule has 1 aliphatic carbocycles. The third-order valence-electron chi connectivity index (χ3n) is 3.30. The number of hydrogen-bond donors (Lipinski definition) is 2. The lowest BCUT2D eigenvalue weighted by Gasteiger charge is -2.11. The van der Waals surface area contributed by atoms with Crippen molar-refractivity contribution >= 4 is 5.96 Å². The topological polar surface area (TPSA) is 36.4 Å². The van der Waals surface area contributed by atoms with Crippen LogP contribution in [-0.4, -0.2) is 26.1 Å². The van der Waals surface area contributed by atoms with Gasteiger partial charge >= 0.3 is 0 Å². The number of hydrogen-bond acceptors (Lipinski definition) is 1. The minimum absolute atomic E-state index is 0.160. The van der Waals surface area contributed by atoms with E-state index in [4.69, 9.17) is 0 Å². The van der Waals surface area contributed by atoms with Crippen molar-refractivity contribution in [3.63, 3.8) is 0 Å². The number of nitrogens with one attached hydrogen (secondary N) is 2. The molecule has 0 aromatic heterocycles. The van der Waals surface area contributed by atoms with Crippen LogP contribution in [0.1, 0.15) is 24.8 Å². The lowest BCUT2D eigenvalue weighted by molar-refractivity contribution is 0.624. The van der Waals surface area contributed by atoms with Crippen LogP contribution in [-0.2, 0) is 6.42 Å². The van der Waals surface area contributed by atoms with Crippen molar-refractivity contribution in [3.8, 4) is 0 Å².